The molecule has 1 aromatic carbocycles. The van der Waals surface area contributed by atoms with Gasteiger partial charge in [0.05, 0.1) is 11.6 Å². The third-order valence-corrected chi connectivity index (χ3v) is 4.50. The number of methoxy groups -OCH3 is 1. The van der Waals surface area contributed by atoms with Crippen LogP contribution in [0.3, 0.4) is 0 Å². The van der Waals surface area contributed by atoms with Crippen molar-refractivity contribution in [3.63, 3.8) is 0 Å². The van der Waals surface area contributed by atoms with Gasteiger partial charge < -0.3 is 14.8 Å². The Morgan fingerprint density at radius 3 is 3.04 bits per heavy atom. The third kappa shape index (κ3) is 3.13. The monoisotopic (exact) mass is 336 g/mol. The average molecular weight is 336 g/mol. The van der Waals surface area contributed by atoms with E-state index in [1.165, 1.54) is 11.1 Å². The first-order valence-corrected chi connectivity index (χ1v) is 8.42. The molecule has 1 aliphatic rings. The highest BCUT2D eigenvalue weighted by Crippen LogP contribution is 2.37. The maximum Gasteiger partial charge on any atom is 0.188 e. The zero-order valence-electron chi connectivity index (χ0n) is 14.1. The summed E-state index contributed by atoms with van der Waals surface area (Å²) >= 11 is 0. The quantitative estimate of drug-likeness (QED) is 0.719. The highest BCUT2D eigenvalue weighted by atomic mass is 16.7. The Morgan fingerprint density at radius 1 is 1.16 bits per heavy atom. The smallest absolute Gasteiger partial charge is 0.188 e. The fourth-order valence-corrected chi connectivity index (χ4v) is 3.39. The van der Waals surface area contributed by atoms with Crippen molar-refractivity contribution in [2.45, 2.75) is 25.3 Å². The third-order valence-electron chi connectivity index (χ3n) is 4.50. The van der Waals surface area contributed by atoms with Crippen molar-refractivity contribution in [1.29, 1.82) is 0 Å². The Labute approximate surface area is 146 Å². The number of rotatable bonds is 5. The second-order valence-electron chi connectivity index (χ2n) is 6.06. The van der Waals surface area contributed by atoms with Gasteiger partial charge in [-0.25, -0.2) is 9.97 Å². The lowest BCUT2D eigenvalue weighted by molar-refractivity contribution is 0.0502. The number of nitrogens with one attached hydrogen (secondary N) is 1. The van der Waals surface area contributed by atoms with Crippen LogP contribution >= 0.6 is 0 Å². The molecule has 0 saturated heterocycles. The molecule has 1 aliphatic carbocycles. The molecule has 128 valence electrons. The van der Waals surface area contributed by atoms with Gasteiger partial charge >= 0.3 is 0 Å². The van der Waals surface area contributed by atoms with Gasteiger partial charge in [-0.3, -0.25) is 4.98 Å². The van der Waals surface area contributed by atoms with Crippen LogP contribution in [0.4, 0.5) is 5.82 Å². The van der Waals surface area contributed by atoms with Crippen LogP contribution in [0.2, 0.25) is 0 Å². The summed E-state index contributed by atoms with van der Waals surface area (Å²) in [5.41, 5.74) is 4.13. The molecule has 4 rings (SSSR count). The number of hydrogen-bond acceptors (Lipinski definition) is 6. The predicted molar refractivity (Wildman–Crippen MR) is 95.6 cm³/mol. The van der Waals surface area contributed by atoms with Crippen LogP contribution in [0.5, 0.6) is 5.75 Å². The molecule has 1 unspecified atom stereocenters. The van der Waals surface area contributed by atoms with Gasteiger partial charge in [0.15, 0.2) is 12.6 Å². The van der Waals surface area contributed by atoms with Crippen LogP contribution in [-0.4, -0.2) is 28.9 Å². The van der Waals surface area contributed by atoms with Crippen molar-refractivity contribution >= 4 is 16.9 Å². The second kappa shape index (κ2) is 7.03. The first-order valence-electron chi connectivity index (χ1n) is 8.42. The predicted octanol–water partition coefficient (Wildman–Crippen LogP) is 3.50. The van der Waals surface area contributed by atoms with Gasteiger partial charge in [-0.05, 0) is 48.6 Å². The summed E-state index contributed by atoms with van der Waals surface area (Å²) in [5.74, 6) is 1.67. The van der Waals surface area contributed by atoms with E-state index >= 15 is 0 Å². The van der Waals surface area contributed by atoms with Gasteiger partial charge in [-0.1, -0.05) is 12.1 Å². The Bertz CT molecular complexity index is 879. The van der Waals surface area contributed by atoms with Gasteiger partial charge in [-0.2, -0.15) is 0 Å². The molecule has 2 heterocycles. The minimum Gasteiger partial charge on any atom is -0.467 e. The molecule has 0 radical (unpaired) electrons. The first-order chi connectivity index (χ1) is 12.4. The number of nitrogens with zero attached hydrogens (tertiary/aromatic N) is 3. The van der Waals surface area contributed by atoms with E-state index in [1.807, 2.05) is 24.3 Å². The van der Waals surface area contributed by atoms with E-state index in [4.69, 9.17) is 9.47 Å². The first kappa shape index (κ1) is 15.8. The molecule has 3 aromatic rings. The van der Waals surface area contributed by atoms with E-state index in [2.05, 4.69) is 26.3 Å². The van der Waals surface area contributed by atoms with Gasteiger partial charge in [0.2, 0.25) is 0 Å². The van der Waals surface area contributed by atoms with Gasteiger partial charge in [0.25, 0.3) is 0 Å². The van der Waals surface area contributed by atoms with Gasteiger partial charge in [0, 0.05) is 13.3 Å². The molecule has 0 fully saturated rings. The van der Waals surface area contributed by atoms with Crippen molar-refractivity contribution in [1.82, 2.24) is 15.0 Å². The van der Waals surface area contributed by atoms with Crippen molar-refractivity contribution in [2.75, 3.05) is 19.2 Å². The maximum absolute atomic E-state index is 5.73. The number of benzene rings is 1. The minimum atomic E-state index is 0.176. The summed E-state index contributed by atoms with van der Waals surface area (Å²) in [5, 5.41) is 3.56. The summed E-state index contributed by atoms with van der Waals surface area (Å²) in [6, 6.07) is 10.2. The number of ether oxygens (including phenoxy) is 2. The molecule has 0 amide bonds. The fraction of sp³-hybridized carbons (Fsp3) is 0.316. The molecule has 2 aromatic heterocycles. The van der Waals surface area contributed by atoms with E-state index < -0.39 is 0 Å². The Kier molecular flexibility index (Phi) is 4.43. The van der Waals surface area contributed by atoms with E-state index in [0.717, 1.165) is 41.9 Å². The Balaban J connectivity index is 1.67. The van der Waals surface area contributed by atoms with Crippen LogP contribution < -0.4 is 10.1 Å². The molecule has 1 atom stereocenters. The normalized spacial score (nSPS) is 16.4. The zero-order chi connectivity index (χ0) is 17.1. The molecule has 6 heteroatoms. The Morgan fingerprint density at radius 2 is 2.12 bits per heavy atom. The lowest BCUT2D eigenvalue weighted by atomic mass is 9.87. The fourth-order valence-electron chi connectivity index (χ4n) is 3.39. The van der Waals surface area contributed by atoms with E-state index in [0.29, 0.717) is 0 Å². The summed E-state index contributed by atoms with van der Waals surface area (Å²) in [6.45, 7) is 0.259. The second-order valence-corrected chi connectivity index (χ2v) is 6.06. The van der Waals surface area contributed by atoms with Crippen LogP contribution in [0, 0.1) is 0 Å². The molecular weight excluding hydrogens is 316 g/mol. The highest BCUT2D eigenvalue weighted by Gasteiger charge is 2.24. The van der Waals surface area contributed by atoms with E-state index in [9.17, 15) is 0 Å². The molecule has 0 bridgehead atoms. The van der Waals surface area contributed by atoms with Gasteiger partial charge in [0.1, 0.15) is 17.6 Å². The van der Waals surface area contributed by atoms with Crippen LogP contribution in [0.1, 0.15) is 30.0 Å². The molecule has 0 spiro atoms. The average Bonchev–Trinajstić information content (AvgIpc) is 2.67. The number of fused-ring (bicyclic) bond motifs is 2. The highest BCUT2D eigenvalue weighted by molar-refractivity contribution is 5.84. The summed E-state index contributed by atoms with van der Waals surface area (Å²) in [7, 11) is 1.63. The van der Waals surface area contributed by atoms with Crippen molar-refractivity contribution in [2.24, 2.45) is 0 Å². The van der Waals surface area contributed by atoms with Crippen molar-refractivity contribution in [3.05, 3.63) is 54.0 Å². The molecule has 0 aliphatic heterocycles. The van der Waals surface area contributed by atoms with Crippen molar-refractivity contribution in [3.8, 4) is 5.75 Å². The molecular formula is C19H20N4O2. The number of anilines is 1. The molecule has 6 nitrogen and oxygen atoms in total. The van der Waals surface area contributed by atoms with Crippen molar-refractivity contribution < 1.29 is 9.47 Å². The lowest BCUT2D eigenvalue weighted by Gasteiger charge is -2.28. The van der Waals surface area contributed by atoms with Gasteiger partial charge in [-0.15, -0.1) is 0 Å². The minimum absolute atomic E-state index is 0.176. The molecule has 25 heavy (non-hydrogen) atoms. The Hall–Kier alpha value is -2.73. The number of aromatic nitrogens is 3. The molecule has 0 saturated carbocycles. The number of pyridine rings is 1. The largest absolute Gasteiger partial charge is 0.467 e. The zero-order valence-corrected chi connectivity index (χ0v) is 14.1. The topological polar surface area (TPSA) is 69.2 Å². The summed E-state index contributed by atoms with van der Waals surface area (Å²) in [4.78, 5) is 13.1. The van der Waals surface area contributed by atoms with E-state index in [1.54, 1.807) is 19.6 Å². The standard InChI is InChI=1S/C19H20N4O2/c1-24-12-25-17-9-3-5-13-14(17)6-2-7-15(13)23-19-18-16(21-11-22-19)8-4-10-20-18/h3-5,8-11,15H,2,6-7,12H2,1H3,(H,21,22,23). The summed E-state index contributed by atoms with van der Waals surface area (Å²) < 4.78 is 10.8. The van der Waals surface area contributed by atoms with E-state index in [-0.39, 0.29) is 12.8 Å². The van der Waals surface area contributed by atoms with Crippen LogP contribution in [-0.2, 0) is 11.2 Å². The van der Waals surface area contributed by atoms with Crippen LogP contribution in [0.25, 0.3) is 11.0 Å². The lowest BCUT2D eigenvalue weighted by Crippen LogP contribution is -2.19. The van der Waals surface area contributed by atoms with Crippen LogP contribution in [0.15, 0.2) is 42.9 Å². The SMILES string of the molecule is COCOc1cccc2c1CCCC2Nc1ncnc2cccnc12. The number of hydrogen-bond donors (Lipinski definition) is 1. The maximum atomic E-state index is 5.73. The summed E-state index contributed by atoms with van der Waals surface area (Å²) in [6.07, 6.45) is 6.49. The molecule has 1 N–H and O–H groups in total.